The number of para-hydroxylation sites is 6. The minimum atomic E-state index is 0.205. The predicted octanol–water partition coefficient (Wildman–Crippen LogP) is 11.9. The van der Waals surface area contributed by atoms with Gasteiger partial charge in [0.1, 0.15) is 0 Å². The second kappa shape index (κ2) is 16.0. The summed E-state index contributed by atoms with van der Waals surface area (Å²) in [6, 6.07) is 61.9. The number of fused-ring (bicyclic) bond motifs is 11. The SMILES string of the molecule is CC1(C)CCCC(C)(C)N1.c1ccc(-c2ccccc2Nc2ccccc2-n2cccc2)cc1.c1ccc2c(c1)B1c3cccn3-c3ccccc3N1c1ccccc1-2. The van der Waals surface area contributed by atoms with Crippen molar-refractivity contribution in [2.45, 2.75) is 58.0 Å². The fourth-order valence-corrected chi connectivity index (χ4v) is 9.36. The van der Waals surface area contributed by atoms with E-state index >= 15 is 0 Å². The van der Waals surface area contributed by atoms with Gasteiger partial charge in [0, 0.05) is 57.8 Å². The van der Waals surface area contributed by atoms with Crippen LogP contribution in [0.3, 0.4) is 0 Å². The molecule has 0 aliphatic carbocycles. The fraction of sp³-hybridized carbons (Fsp3) is 0.170. The number of benzene rings is 6. The van der Waals surface area contributed by atoms with Gasteiger partial charge in [0.05, 0.1) is 22.7 Å². The summed E-state index contributed by atoms with van der Waals surface area (Å²) in [6.07, 6.45) is 10.3. The van der Waals surface area contributed by atoms with Gasteiger partial charge in [0.25, 0.3) is 0 Å². The molecule has 5 heterocycles. The van der Waals surface area contributed by atoms with Crippen molar-refractivity contribution in [2.24, 2.45) is 0 Å². The molecule has 11 rings (SSSR count). The lowest BCUT2D eigenvalue weighted by molar-refractivity contribution is 0.183. The van der Waals surface area contributed by atoms with Gasteiger partial charge in [0.2, 0.25) is 0 Å². The van der Waals surface area contributed by atoms with Gasteiger partial charge < -0.3 is 24.6 Å². The van der Waals surface area contributed by atoms with Crippen LogP contribution in [0.25, 0.3) is 33.6 Å². The third kappa shape index (κ3) is 7.76. The highest BCUT2D eigenvalue weighted by atomic mass is 15.2. The minimum absolute atomic E-state index is 0.205. The van der Waals surface area contributed by atoms with E-state index in [0.717, 1.165) is 17.1 Å². The Morgan fingerprint density at radius 2 is 1.03 bits per heavy atom. The summed E-state index contributed by atoms with van der Waals surface area (Å²) in [5.41, 5.74) is 15.6. The van der Waals surface area contributed by atoms with Gasteiger partial charge in [-0.25, -0.2) is 0 Å². The van der Waals surface area contributed by atoms with E-state index in [-0.39, 0.29) is 6.85 Å². The van der Waals surface area contributed by atoms with Crippen molar-refractivity contribution in [2.75, 3.05) is 10.1 Å². The van der Waals surface area contributed by atoms with Crippen molar-refractivity contribution >= 4 is 40.7 Å². The normalized spacial score (nSPS) is 15.1. The topological polar surface area (TPSA) is 37.2 Å². The number of hydrogen-bond donors (Lipinski definition) is 2. The van der Waals surface area contributed by atoms with Gasteiger partial charge in [-0.15, -0.1) is 0 Å². The molecule has 3 aliphatic heterocycles. The molecule has 6 aromatic carbocycles. The predicted molar refractivity (Wildman–Crippen MR) is 251 cm³/mol. The summed E-state index contributed by atoms with van der Waals surface area (Å²) in [5.74, 6) is 0. The van der Waals surface area contributed by atoms with Crippen LogP contribution in [0.2, 0.25) is 0 Å². The number of piperidine rings is 1. The molecule has 0 saturated carbocycles. The van der Waals surface area contributed by atoms with Crippen molar-refractivity contribution in [3.8, 4) is 33.6 Å². The molecule has 0 amide bonds. The lowest BCUT2D eigenvalue weighted by atomic mass is 9.47. The second-order valence-electron chi connectivity index (χ2n) is 17.1. The van der Waals surface area contributed by atoms with Crippen LogP contribution in [-0.2, 0) is 0 Å². The Kier molecular flexibility index (Phi) is 10.3. The van der Waals surface area contributed by atoms with E-state index in [4.69, 9.17) is 0 Å². The third-order valence-corrected chi connectivity index (χ3v) is 11.8. The summed E-state index contributed by atoms with van der Waals surface area (Å²) in [7, 11) is 0. The zero-order valence-electron chi connectivity index (χ0n) is 34.5. The summed E-state index contributed by atoms with van der Waals surface area (Å²) in [5, 5.41) is 7.24. The van der Waals surface area contributed by atoms with Crippen molar-refractivity contribution < 1.29 is 0 Å². The van der Waals surface area contributed by atoms with Crippen LogP contribution in [0.1, 0.15) is 47.0 Å². The van der Waals surface area contributed by atoms with Gasteiger partial charge in [-0.1, -0.05) is 115 Å². The Morgan fingerprint density at radius 3 is 1.73 bits per heavy atom. The minimum Gasteiger partial charge on any atom is -0.374 e. The first kappa shape index (κ1) is 38.0. The molecule has 0 spiro atoms. The van der Waals surface area contributed by atoms with E-state index in [9.17, 15) is 0 Å². The summed E-state index contributed by atoms with van der Waals surface area (Å²) in [4.78, 5) is 2.50. The van der Waals surface area contributed by atoms with Crippen LogP contribution in [0.15, 0.2) is 195 Å². The number of nitrogens with one attached hydrogen (secondary N) is 2. The maximum Gasteiger partial charge on any atom is 0.346 e. The van der Waals surface area contributed by atoms with Crippen molar-refractivity contribution in [3.63, 3.8) is 0 Å². The molecule has 5 nitrogen and oxygen atoms in total. The molecular weight excluding hydrogens is 717 g/mol. The van der Waals surface area contributed by atoms with E-state index in [1.165, 1.54) is 69.6 Å². The molecule has 292 valence electrons. The van der Waals surface area contributed by atoms with E-state index in [1.807, 2.05) is 18.2 Å². The maximum absolute atomic E-state index is 3.63. The second-order valence-corrected chi connectivity index (χ2v) is 17.1. The first-order valence-corrected chi connectivity index (χ1v) is 20.9. The standard InChI is InChI=1S/C22H15BN2.C22H18N2.C9H19N/c1-3-10-18-16(8-1)17-9-2-4-11-19(17)25-21-13-6-5-12-20(21)24-15-7-14-22(24)23(18)25;1-2-10-18(11-3-1)19-12-4-5-13-20(19)23-21-14-6-7-15-22(21)24-16-8-9-17-24;1-8(2)6-5-7-9(3,4)10-8/h1-15H;1-17,23H;10H,5-7H2,1-4H3. The molecule has 6 heteroatoms. The van der Waals surface area contributed by atoms with Gasteiger partial charge in [-0.2, -0.15) is 0 Å². The molecule has 59 heavy (non-hydrogen) atoms. The highest BCUT2D eigenvalue weighted by molar-refractivity contribution is 6.91. The molecule has 3 aliphatic rings. The monoisotopic (exact) mass is 769 g/mol. The molecule has 0 unspecified atom stereocenters. The Hall–Kier alpha value is -6.50. The number of anilines is 4. The van der Waals surface area contributed by atoms with Crippen LogP contribution in [0.4, 0.5) is 22.7 Å². The number of aromatic nitrogens is 2. The molecule has 0 bridgehead atoms. The Balaban J connectivity index is 0.000000124. The third-order valence-electron chi connectivity index (χ3n) is 11.8. The first-order valence-electron chi connectivity index (χ1n) is 20.9. The Morgan fingerprint density at radius 1 is 0.475 bits per heavy atom. The Bertz CT molecular complexity index is 2660. The highest BCUT2D eigenvalue weighted by Crippen LogP contribution is 2.43. The summed E-state index contributed by atoms with van der Waals surface area (Å²) >= 11 is 0. The maximum atomic E-state index is 3.63. The molecule has 1 saturated heterocycles. The van der Waals surface area contributed by atoms with Crippen molar-refractivity contribution in [1.29, 1.82) is 0 Å². The van der Waals surface area contributed by atoms with E-state index in [1.54, 1.807) is 0 Å². The summed E-state index contributed by atoms with van der Waals surface area (Å²) < 4.78 is 4.45. The van der Waals surface area contributed by atoms with Crippen LogP contribution < -0.4 is 26.5 Å². The van der Waals surface area contributed by atoms with Gasteiger partial charge >= 0.3 is 6.85 Å². The number of hydrogen-bond acceptors (Lipinski definition) is 3. The lowest BCUT2D eigenvalue weighted by Gasteiger charge is -2.42. The molecule has 2 aromatic heterocycles. The summed E-state index contributed by atoms with van der Waals surface area (Å²) in [6.45, 7) is 9.35. The van der Waals surface area contributed by atoms with Crippen LogP contribution in [-0.4, -0.2) is 27.1 Å². The smallest absolute Gasteiger partial charge is 0.346 e. The average molecular weight is 770 g/mol. The number of rotatable bonds is 4. The van der Waals surface area contributed by atoms with E-state index < -0.39 is 0 Å². The van der Waals surface area contributed by atoms with E-state index in [2.05, 4.69) is 229 Å². The molecule has 1 fully saturated rings. The average Bonchev–Trinajstić information content (AvgIpc) is 3.98. The molecule has 0 radical (unpaired) electrons. The van der Waals surface area contributed by atoms with Gasteiger partial charge in [-0.05, 0) is 124 Å². The number of nitrogens with zero attached hydrogens (tertiary/aromatic N) is 3. The molecule has 0 atom stereocenters. The van der Waals surface area contributed by atoms with Crippen LogP contribution >= 0.6 is 0 Å². The Labute approximate surface area is 350 Å². The lowest BCUT2D eigenvalue weighted by Crippen LogP contribution is -2.61. The molecule has 8 aromatic rings. The van der Waals surface area contributed by atoms with Gasteiger partial charge in [-0.3, -0.25) is 0 Å². The molecule has 2 N–H and O–H groups in total. The van der Waals surface area contributed by atoms with Gasteiger partial charge in [0.15, 0.2) is 0 Å². The zero-order valence-corrected chi connectivity index (χ0v) is 34.5. The highest BCUT2D eigenvalue weighted by Gasteiger charge is 2.42. The molecular formula is C53H52BN5. The fourth-order valence-electron chi connectivity index (χ4n) is 9.36. The van der Waals surface area contributed by atoms with Crippen molar-refractivity contribution in [1.82, 2.24) is 14.5 Å². The van der Waals surface area contributed by atoms with E-state index in [0.29, 0.717) is 11.1 Å². The van der Waals surface area contributed by atoms with Crippen LogP contribution in [0.5, 0.6) is 0 Å². The first-order chi connectivity index (χ1) is 28.8. The van der Waals surface area contributed by atoms with Crippen LogP contribution in [0, 0.1) is 0 Å². The largest absolute Gasteiger partial charge is 0.374 e. The quantitative estimate of drug-likeness (QED) is 0.175. The van der Waals surface area contributed by atoms with Crippen molar-refractivity contribution in [3.05, 3.63) is 195 Å². The zero-order chi connectivity index (χ0) is 40.4.